The zero-order valence-electron chi connectivity index (χ0n) is 10.9. The molecule has 106 valence electrons. The van der Waals surface area contributed by atoms with E-state index in [0.29, 0.717) is 16.3 Å². The van der Waals surface area contributed by atoms with Gasteiger partial charge in [-0.1, -0.05) is 33.6 Å². The second-order valence-corrected chi connectivity index (χ2v) is 5.85. The fourth-order valence-electron chi connectivity index (χ4n) is 1.82. The van der Waals surface area contributed by atoms with Gasteiger partial charge in [0.25, 0.3) is 0 Å². The van der Waals surface area contributed by atoms with E-state index in [4.69, 9.17) is 22.1 Å². The first kappa shape index (κ1) is 15.3. The Balaban J connectivity index is 2.22. The van der Waals surface area contributed by atoms with E-state index in [1.807, 2.05) is 25.1 Å². The van der Waals surface area contributed by atoms with E-state index >= 15 is 0 Å². The summed E-state index contributed by atoms with van der Waals surface area (Å²) in [5.41, 5.74) is 7.18. The number of rotatable bonds is 4. The van der Waals surface area contributed by atoms with Crippen molar-refractivity contribution in [3.63, 3.8) is 0 Å². The summed E-state index contributed by atoms with van der Waals surface area (Å²) in [5, 5.41) is 0.478. The number of ether oxygens (including phenoxy) is 1. The van der Waals surface area contributed by atoms with E-state index in [1.54, 1.807) is 6.07 Å². The molecule has 0 aliphatic carbocycles. The van der Waals surface area contributed by atoms with Crippen LogP contribution in [0.4, 0.5) is 4.39 Å². The van der Waals surface area contributed by atoms with Gasteiger partial charge in [0.2, 0.25) is 0 Å². The molecule has 0 aromatic heterocycles. The number of benzene rings is 2. The lowest BCUT2D eigenvalue weighted by Gasteiger charge is -2.15. The minimum absolute atomic E-state index is 0.0998. The van der Waals surface area contributed by atoms with Crippen LogP contribution in [0.1, 0.15) is 24.1 Å². The Morgan fingerprint density at radius 1 is 1.30 bits per heavy atom. The van der Waals surface area contributed by atoms with Crippen molar-refractivity contribution in [3.05, 3.63) is 62.8 Å². The third kappa shape index (κ3) is 3.72. The van der Waals surface area contributed by atoms with Crippen molar-refractivity contribution in [1.82, 2.24) is 0 Å². The van der Waals surface area contributed by atoms with E-state index < -0.39 is 0 Å². The van der Waals surface area contributed by atoms with Crippen molar-refractivity contribution in [2.75, 3.05) is 0 Å². The minimum Gasteiger partial charge on any atom is -0.488 e. The van der Waals surface area contributed by atoms with Crippen molar-refractivity contribution >= 4 is 27.5 Å². The van der Waals surface area contributed by atoms with Gasteiger partial charge in [-0.05, 0) is 37.3 Å². The van der Waals surface area contributed by atoms with Crippen LogP contribution < -0.4 is 10.5 Å². The third-order valence-corrected chi connectivity index (χ3v) is 3.59. The molecule has 0 saturated heterocycles. The summed E-state index contributed by atoms with van der Waals surface area (Å²) in [7, 11) is 0. The first-order valence-electron chi connectivity index (χ1n) is 6.09. The van der Waals surface area contributed by atoms with Crippen LogP contribution in [0.2, 0.25) is 5.02 Å². The van der Waals surface area contributed by atoms with Crippen LogP contribution in [0.3, 0.4) is 0 Å². The lowest BCUT2D eigenvalue weighted by atomic mass is 10.1. The van der Waals surface area contributed by atoms with Crippen LogP contribution >= 0.6 is 27.5 Å². The molecule has 5 heteroatoms. The van der Waals surface area contributed by atoms with Gasteiger partial charge in [-0.2, -0.15) is 0 Å². The van der Waals surface area contributed by atoms with Crippen LogP contribution in [-0.2, 0) is 6.61 Å². The summed E-state index contributed by atoms with van der Waals surface area (Å²) >= 11 is 9.24. The molecule has 1 unspecified atom stereocenters. The first-order chi connectivity index (χ1) is 9.47. The number of hydrogen-bond acceptors (Lipinski definition) is 2. The van der Waals surface area contributed by atoms with Crippen LogP contribution in [-0.4, -0.2) is 0 Å². The molecule has 0 saturated carbocycles. The van der Waals surface area contributed by atoms with Gasteiger partial charge in [0.15, 0.2) is 0 Å². The van der Waals surface area contributed by atoms with Gasteiger partial charge in [-0.25, -0.2) is 4.39 Å². The van der Waals surface area contributed by atoms with E-state index in [0.717, 1.165) is 10.0 Å². The zero-order valence-corrected chi connectivity index (χ0v) is 13.2. The third-order valence-electron chi connectivity index (χ3n) is 2.86. The number of nitrogens with two attached hydrogens (primary N) is 1. The average Bonchev–Trinajstić information content (AvgIpc) is 2.39. The highest BCUT2D eigenvalue weighted by atomic mass is 79.9. The second kappa shape index (κ2) is 6.57. The predicted molar refractivity (Wildman–Crippen MR) is 82.5 cm³/mol. The largest absolute Gasteiger partial charge is 0.488 e. The molecule has 2 aromatic carbocycles. The maximum atomic E-state index is 13.6. The Hall–Kier alpha value is -1.10. The summed E-state index contributed by atoms with van der Waals surface area (Å²) < 4.78 is 20.2. The SMILES string of the molecule is CC(N)c1ccc(Br)cc1OCc1cc(Cl)ccc1F. The predicted octanol–water partition coefficient (Wildman–Crippen LogP) is 4.84. The normalized spacial score (nSPS) is 12.2. The van der Waals surface area contributed by atoms with E-state index in [1.165, 1.54) is 12.1 Å². The molecule has 0 bridgehead atoms. The maximum Gasteiger partial charge on any atom is 0.129 e. The molecule has 20 heavy (non-hydrogen) atoms. The van der Waals surface area contributed by atoms with Gasteiger partial charge < -0.3 is 10.5 Å². The lowest BCUT2D eigenvalue weighted by molar-refractivity contribution is 0.295. The van der Waals surface area contributed by atoms with Crippen molar-refractivity contribution in [2.45, 2.75) is 19.6 Å². The Morgan fingerprint density at radius 2 is 2.05 bits per heavy atom. The molecule has 1 atom stereocenters. The van der Waals surface area contributed by atoms with Crippen molar-refractivity contribution in [1.29, 1.82) is 0 Å². The molecule has 2 N–H and O–H groups in total. The fourth-order valence-corrected chi connectivity index (χ4v) is 2.35. The summed E-state index contributed by atoms with van der Waals surface area (Å²) in [6, 6.07) is 9.83. The zero-order chi connectivity index (χ0) is 14.7. The molecule has 0 fully saturated rings. The molecule has 0 aliphatic heterocycles. The molecular formula is C15H14BrClFNO. The van der Waals surface area contributed by atoms with E-state index in [-0.39, 0.29) is 18.5 Å². The maximum absolute atomic E-state index is 13.6. The topological polar surface area (TPSA) is 35.2 Å². The molecule has 0 amide bonds. The molecule has 0 heterocycles. The summed E-state index contributed by atoms with van der Waals surface area (Å²) in [6.45, 7) is 1.97. The molecule has 0 aliphatic rings. The van der Waals surface area contributed by atoms with Gasteiger partial charge in [-0.15, -0.1) is 0 Å². The lowest BCUT2D eigenvalue weighted by Crippen LogP contribution is -2.08. The highest BCUT2D eigenvalue weighted by Crippen LogP contribution is 2.28. The molecule has 0 radical (unpaired) electrons. The average molecular weight is 359 g/mol. The van der Waals surface area contributed by atoms with Crippen molar-refractivity contribution in [3.8, 4) is 5.75 Å². The highest BCUT2D eigenvalue weighted by molar-refractivity contribution is 9.10. The number of halogens is 3. The molecule has 0 spiro atoms. The van der Waals surface area contributed by atoms with Gasteiger partial charge >= 0.3 is 0 Å². The standard InChI is InChI=1S/C15H14BrClFNO/c1-9(19)13-4-2-11(16)7-15(13)20-8-10-6-12(17)3-5-14(10)18/h2-7,9H,8,19H2,1H3. The van der Waals surface area contributed by atoms with Crippen molar-refractivity contribution < 1.29 is 9.13 Å². The van der Waals surface area contributed by atoms with Gasteiger partial charge in [0.05, 0.1) is 0 Å². The van der Waals surface area contributed by atoms with E-state index in [2.05, 4.69) is 15.9 Å². The Bertz CT molecular complexity index is 619. The molecule has 2 rings (SSSR count). The van der Waals surface area contributed by atoms with Crippen LogP contribution in [0.15, 0.2) is 40.9 Å². The fraction of sp³-hybridized carbons (Fsp3) is 0.200. The van der Waals surface area contributed by atoms with Gasteiger partial charge in [0.1, 0.15) is 18.2 Å². The van der Waals surface area contributed by atoms with Gasteiger partial charge in [0, 0.05) is 26.7 Å². The van der Waals surface area contributed by atoms with Crippen LogP contribution in [0.25, 0.3) is 0 Å². The highest BCUT2D eigenvalue weighted by Gasteiger charge is 2.10. The minimum atomic E-state index is -0.341. The number of hydrogen-bond donors (Lipinski definition) is 1. The van der Waals surface area contributed by atoms with Crippen LogP contribution in [0, 0.1) is 5.82 Å². The monoisotopic (exact) mass is 357 g/mol. The van der Waals surface area contributed by atoms with E-state index in [9.17, 15) is 4.39 Å². The Labute approximate surface area is 130 Å². The second-order valence-electron chi connectivity index (χ2n) is 4.50. The quantitative estimate of drug-likeness (QED) is 0.848. The summed E-state index contributed by atoms with van der Waals surface area (Å²) in [6.07, 6.45) is 0. The Morgan fingerprint density at radius 3 is 2.75 bits per heavy atom. The smallest absolute Gasteiger partial charge is 0.129 e. The van der Waals surface area contributed by atoms with Crippen molar-refractivity contribution in [2.24, 2.45) is 5.73 Å². The molecule has 2 aromatic rings. The first-order valence-corrected chi connectivity index (χ1v) is 7.26. The molecular weight excluding hydrogens is 345 g/mol. The van der Waals surface area contributed by atoms with Gasteiger partial charge in [-0.3, -0.25) is 0 Å². The summed E-state index contributed by atoms with van der Waals surface area (Å²) in [5.74, 6) is 0.292. The Kier molecular flexibility index (Phi) is 5.02. The summed E-state index contributed by atoms with van der Waals surface area (Å²) in [4.78, 5) is 0. The van der Waals surface area contributed by atoms with Crippen LogP contribution in [0.5, 0.6) is 5.75 Å². The molecule has 2 nitrogen and oxygen atoms in total.